The number of thiophene rings is 1. The van der Waals surface area contributed by atoms with Gasteiger partial charge >= 0.3 is 0 Å². The monoisotopic (exact) mass is 235 g/mol. The van der Waals surface area contributed by atoms with Gasteiger partial charge < -0.3 is 5.32 Å². The van der Waals surface area contributed by atoms with Crippen molar-refractivity contribution in [3.8, 4) is 0 Å². The largest absolute Gasteiger partial charge is 0.312 e. The van der Waals surface area contributed by atoms with Gasteiger partial charge in [-0.1, -0.05) is 24.3 Å². The van der Waals surface area contributed by atoms with Crippen LogP contribution in [0.3, 0.4) is 0 Å². The highest BCUT2D eigenvalue weighted by Gasteiger charge is 1.99. The molecule has 3 heteroatoms. The first-order chi connectivity index (χ1) is 7.86. The summed E-state index contributed by atoms with van der Waals surface area (Å²) in [5, 5.41) is 5.37. The Labute approximate surface area is 98.9 Å². The summed E-state index contributed by atoms with van der Waals surface area (Å²) in [6.45, 7) is 1.67. The van der Waals surface area contributed by atoms with Gasteiger partial charge in [-0.2, -0.15) is 0 Å². The van der Waals surface area contributed by atoms with Crippen LogP contribution in [0.15, 0.2) is 41.8 Å². The molecule has 0 radical (unpaired) electrons. The maximum Gasteiger partial charge on any atom is 0.126 e. The molecule has 1 aromatic carbocycles. The summed E-state index contributed by atoms with van der Waals surface area (Å²) in [4.78, 5) is 1.31. The number of benzene rings is 1. The first kappa shape index (κ1) is 11.3. The molecule has 0 saturated heterocycles. The molecule has 0 bridgehead atoms. The summed E-state index contributed by atoms with van der Waals surface area (Å²) < 4.78 is 13.3. The van der Waals surface area contributed by atoms with Gasteiger partial charge in [0, 0.05) is 11.4 Å². The molecule has 0 unspecified atom stereocenters. The lowest BCUT2D eigenvalue weighted by Gasteiger charge is -2.04. The fourth-order valence-electron chi connectivity index (χ4n) is 1.55. The molecule has 16 heavy (non-hydrogen) atoms. The molecule has 1 nitrogen and oxygen atoms in total. The molecule has 2 rings (SSSR count). The van der Waals surface area contributed by atoms with Crippen LogP contribution in [0.1, 0.15) is 10.4 Å². The Bertz CT molecular complexity index is 425. The third-order valence-corrected chi connectivity index (χ3v) is 3.28. The van der Waals surface area contributed by atoms with Crippen molar-refractivity contribution in [2.24, 2.45) is 0 Å². The fourth-order valence-corrected chi connectivity index (χ4v) is 2.22. The second-order valence-electron chi connectivity index (χ2n) is 3.60. The molecule has 1 N–H and O–H groups in total. The van der Waals surface area contributed by atoms with Crippen molar-refractivity contribution in [3.63, 3.8) is 0 Å². The van der Waals surface area contributed by atoms with E-state index < -0.39 is 0 Å². The first-order valence-corrected chi connectivity index (χ1v) is 6.21. The van der Waals surface area contributed by atoms with Crippen molar-refractivity contribution in [1.82, 2.24) is 5.32 Å². The zero-order chi connectivity index (χ0) is 11.2. The standard InChI is InChI=1S/C13H14FNS/c14-13-6-2-1-4-11(13)7-8-15-10-12-5-3-9-16-12/h1-6,9,15H,7-8,10H2. The zero-order valence-electron chi connectivity index (χ0n) is 8.95. The van der Waals surface area contributed by atoms with E-state index in [4.69, 9.17) is 0 Å². The highest BCUT2D eigenvalue weighted by atomic mass is 32.1. The molecular formula is C13H14FNS. The van der Waals surface area contributed by atoms with E-state index in [1.807, 2.05) is 18.2 Å². The van der Waals surface area contributed by atoms with E-state index in [0.717, 1.165) is 25.1 Å². The summed E-state index contributed by atoms with van der Waals surface area (Å²) in [6.07, 6.45) is 0.734. The average Bonchev–Trinajstić information content (AvgIpc) is 2.79. The van der Waals surface area contributed by atoms with Crippen LogP contribution in [0, 0.1) is 5.82 Å². The van der Waals surface area contributed by atoms with Gasteiger partial charge in [0.25, 0.3) is 0 Å². The van der Waals surface area contributed by atoms with Gasteiger partial charge in [-0.25, -0.2) is 4.39 Å². The van der Waals surface area contributed by atoms with Crippen LogP contribution in [0.25, 0.3) is 0 Å². The minimum absolute atomic E-state index is 0.111. The molecule has 0 aliphatic rings. The van der Waals surface area contributed by atoms with Gasteiger partial charge in [0.1, 0.15) is 5.82 Å². The lowest BCUT2D eigenvalue weighted by molar-refractivity contribution is 0.598. The Morgan fingerprint density at radius 1 is 1.12 bits per heavy atom. The summed E-state index contributed by atoms with van der Waals surface area (Å²) in [6, 6.07) is 11.1. The quantitative estimate of drug-likeness (QED) is 0.785. The average molecular weight is 235 g/mol. The topological polar surface area (TPSA) is 12.0 Å². The van der Waals surface area contributed by atoms with Crippen LogP contribution < -0.4 is 5.32 Å². The van der Waals surface area contributed by atoms with Gasteiger partial charge in [0.15, 0.2) is 0 Å². The molecular weight excluding hydrogens is 221 g/mol. The molecule has 0 atom stereocenters. The van der Waals surface area contributed by atoms with E-state index in [9.17, 15) is 4.39 Å². The molecule has 0 amide bonds. The maximum absolute atomic E-state index is 13.3. The zero-order valence-corrected chi connectivity index (χ0v) is 9.77. The number of nitrogens with one attached hydrogen (secondary N) is 1. The van der Waals surface area contributed by atoms with Crippen LogP contribution in [0.4, 0.5) is 4.39 Å². The number of halogens is 1. The lowest BCUT2D eigenvalue weighted by atomic mass is 10.1. The minimum Gasteiger partial charge on any atom is -0.312 e. The third-order valence-electron chi connectivity index (χ3n) is 2.41. The Morgan fingerprint density at radius 3 is 2.75 bits per heavy atom. The molecule has 0 aliphatic carbocycles. The Kier molecular flexibility index (Phi) is 4.08. The highest BCUT2D eigenvalue weighted by Crippen LogP contribution is 2.08. The number of hydrogen-bond donors (Lipinski definition) is 1. The highest BCUT2D eigenvalue weighted by molar-refractivity contribution is 7.09. The van der Waals surface area contributed by atoms with Gasteiger partial charge in [-0.3, -0.25) is 0 Å². The fraction of sp³-hybridized carbons (Fsp3) is 0.231. The van der Waals surface area contributed by atoms with E-state index in [-0.39, 0.29) is 5.82 Å². The molecule has 1 heterocycles. The van der Waals surface area contributed by atoms with E-state index in [2.05, 4.69) is 16.8 Å². The molecule has 84 valence electrons. The van der Waals surface area contributed by atoms with Gasteiger partial charge in [0.05, 0.1) is 0 Å². The minimum atomic E-state index is -0.111. The van der Waals surface area contributed by atoms with E-state index in [1.165, 1.54) is 10.9 Å². The van der Waals surface area contributed by atoms with Crippen molar-refractivity contribution in [3.05, 3.63) is 58.0 Å². The predicted molar refractivity (Wildman–Crippen MR) is 66.1 cm³/mol. The molecule has 1 aromatic heterocycles. The summed E-state index contributed by atoms with van der Waals surface area (Å²) in [5.41, 5.74) is 0.779. The maximum atomic E-state index is 13.3. The SMILES string of the molecule is Fc1ccccc1CCNCc1cccs1. The van der Waals surface area contributed by atoms with Gasteiger partial charge in [-0.15, -0.1) is 11.3 Å². The van der Waals surface area contributed by atoms with E-state index in [1.54, 1.807) is 17.4 Å². The Hall–Kier alpha value is -1.19. The predicted octanol–water partition coefficient (Wildman–Crippen LogP) is 3.22. The van der Waals surface area contributed by atoms with E-state index >= 15 is 0 Å². The van der Waals surface area contributed by atoms with Crippen LogP contribution in [0.2, 0.25) is 0 Å². The normalized spacial score (nSPS) is 10.6. The molecule has 2 aromatic rings. The Morgan fingerprint density at radius 2 is 2.00 bits per heavy atom. The molecule has 0 spiro atoms. The summed E-state index contributed by atoms with van der Waals surface area (Å²) >= 11 is 1.74. The van der Waals surface area contributed by atoms with Crippen molar-refractivity contribution in [1.29, 1.82) is 0 Å². The summed E-state index contributed by atoms with van der Waals surface area (Å²) in [7, 11) is 0. The van der Waals surface area contributed by atoms with Crippen LogP contribution in [0.5, 0.6) is 0 Å². The van der Waals surface area contributed by atoms with Crippen LogP contribution >= 0.6 is 11.3 Å². The second kappa shape index (κ2) is 5.77. The smallest absolute Gasteiger partial charge is 0.126 e. The molecule has 0 fully saturated rings. The second-order valence-corrected chi connectivity index (χ2v) is 4.63. The van der Waals surface area contributed by atoms with Crippen LogP contribution in [-0.2, 0) is 13.0 Å². The van der Waals surface area contributed by atoms with Crippen LogP contribution in [-0.4, -0.2) is 6.54 Å². The van der Waals surface area contributed by atoms with Crippen molar-refractivity contribution in [2.45, 2.75) is 13.0 Å². The summed E-state index contributed by atoms with van der Waals surface area (Å²) in [5.74, 6) is -0.111. The Balaban J connectivity index is 1.74. The van der Waals surface area contributed by atoms with Crippen molar-refractivity contribution < 1.29 is 4.39 Å². The lowest BCUT2D eigenvalue weighted by Crippen LogP contribution is -2.16. The molecule has 0 aliphatic heterocycles. The van der Waals surface area contributed by atoms with E-state index in [0.29, 0.717) is 0 Å². The third kappa shape index (κ3) is 3.15. The number of hydrogen-bond acceptors (Lipinski definition) is 2. The van der Waals surface area contributed by atoms with Gasteiger partial charge in [-0.05, 0) is 36.0 Å². The van der Waals surface area contributed by atoms with Crippen molar-refractivity contribution >= 4 is 11.3 Å². The molecule has 0 saturated carbocycles. The first-order valence-electron chi connectivity index (χ1n) is 5.33. The van der Waals surface area contributed by atoms with Gasteiger partial charge in [0.2, 0.25) is 0 Å². The van der Waals surface area contributed by atoms with Crippen molar-refractivity contribution in [2.75, 3.05) is 6.54 Å². The number of rotatable bonds is 5.